The van der Waals surface area contributed by atoms with E-state index in [0.29, 0.717) is 50.0 Å². The van der Waals surface area contributed by atoms with Crippen LogP contribution in [0.25, 0.3) is 11.0 Å². The van der Waals surface area contributed by atoms with Crippen LogP contribution in [0, 0.1) is 6.92 Å². The number of benzene rings is 3. The van der Waals surface area contributed by atoms with Gasteiger partial charge in [0.2, 0.25) is 10.0 Å². The Bertz CT molecular complexity index is 1920. The van der Waals surface area contributed by atoms with Gasteiger partial charge in [0.25, 0.3) is 0 Å². The van der Waals surface area contributed by atoms with E-state index in [-0.39, 0.29) is 49.3 Å². The Morgan fingerprint density at radius 3 is 2.55 bits per heavy atom. The molecule has 0 bridgehead atoms. The van der Waals surface area contributed by atoms with Crippen LogP contribution in [0.2, 0.25) is 0 Å². The number of aromatic nitrogens is 3. The van der Waals surface area contributed by atoms with Crippen LogP contribution in [0.3, 0.4) is 0 Å². The zero-order valence-corrected chi connectivity index (χ0v) is 30.6. The number of carbonyl (C=O) groups excluding carboxylic acids is 1. The number of rotatable bonds is 17. The molecule has 1 aliphatic heterocycles. The Hall–Kier alpha value is -4.28. The molecule has 2 heterocycles. The third-order valence-electron chi connectivity index (χ3n) is 8.56. The van der Waals surface area contributed by atoms with Crippen molar-refractivity contribution in [1.82, 2.24) is 19.3 Å². The SMILES string of the molecule is CCOC(=O)CC(c1ccc(C)c(CN2C[C@@H](C)Oc3cc(OCCOCCOCCN)ccc3S2(=O)=O)c1)c1cc(OC)c2c(c1)nnn2C. The molecule has 14 nitrogen and oxygen atoms in total. The van der Waals surface area contributed by atoms with Gasteiger partial charge in [-0.15, -0.1) is 5.10 Å². The number of nitrogens with zero attached hydrogens (tertiary/aromatic N) is 4. The lowest BCUT2D eigenvalue weighted by atomic mass is 9.86. The first kappa shape index (κ1) is 38.0. The smallest absolute Gasteiger partial charge is 0.306 e. The summed E-state index contributed by atoms with van der Waals surface area (Å²) in [6, 6.07) is 14.4. The third kappa shape index (κ3) is 9.15. The van der Waals surface area contributed by atoms with Crippen molar-refractivity contribution in [2.45, 2.75) is 50.7 Å². The number of esters is 1. The van der Waals surface area contributed by atoms with Crippen LogP contribution >= 0.6 is 0 Å². The molecule has 2 atom stereocenters. The highest BCUT2D eigenvalue weighted by Crippen LogP contribution is 2.38. The molecular formula is C36H47N5O9S. The Balaban J connectivity index is 1.39. The zero-order chi connectivity index (χ0) is 36.5. The van der Waals surface area contributed by atoms with Crippen molar-refractivity contribution >= 4 is 27.0 Å². The van der Waals surface area contributed by atoms with Crippen LogP contribution in [-0.2, 0) is 42.6 Å². The van der Waals surface area contributed by atoms with Gasteiger partial charge in [0.1, 0.15) is 45.9 Å². The fourth-order valence-electron chi connectivity index (χ4n) is 6.05. The molecule has 0 fully saturated rings. The lowest BCUT2D eigenvalue weighted by Gasteiger charge is -2.24. The van der Waals surface area contributed by atoms with Crippen molar-refractivity contribution in [3.8, 4) is 17.2 Å². The van der Waals surface area contributed by atoms with Crippen LogP contribution in [-0.4, -0.2) is 99.6 Å². The molecular weight excluding hydrogens is 678 g/mol. The Morgan fingerprint density at radius 2 is 1.80 bits per heavy atom. The summed E-state index contributed by atoms with van der Waals surface area (Å²) in [6.45, 7) is 8.44. The van der Waals surface area contributed by atoms with E-state index in [0.717, 1.165) is 27.8 Å². The highest BCUT2D eigenvalue weighted by molar-refractivity contribution is 7.89. The van der Waals surface area contributed by atoms with E-state index in [1.54, 1.807) is 37.9 Å². The second kappa shape index (κ2) is 17.3. The van der Waals surface area contributed by atoms with Gasteiger partial charge in [0, 0.05) is 32.1 Å². The van der Waals surface area contributed by atoms with Crippen molar-refractivity contribution in [2.24, 2.45) is 12.8 Å². The molecule has 0 amide bonds. The third-order valence-corrected chi connectivity index (χ3v) is 10.4. The number of nitrogens with two attached hydrogens (primary N) is 1. The molecule has 51 heavy (non-hydrogen) atoms. The van der Waals surface area contributed by atoms with Gasteiger partial charge in [-0.25, -0.2) is 13.1 Å². The van der Waals surface area contributed by atoms with Crippen LogP contribution in [0.15, 0.2) is 53.4 Å². The summed E-state index contributed by atoms with van der Waals surface area (Å²) in [4.78, 5) is 13.0. The maximum atomic E-state index is 14.1. The predicted octanol–water partition coefficient (Wildman–Crippen LogP) is 3.71. The van der Waals surface area contributed by atoms with Gasteiger partial charge in [0.05, 0.1) is 53.1 Å². The molecule has 0 saturated heterocycles. The summed E-state index contributed by atoms with van der Waals surface area (Å²) in [5.41, 5.74) is 10.1. The predicted molar refractivity (Wildman–Crippen MR) is 190 cm³/mol. The van der Waals surface area contributed by atoms with Gasteiger partial charge < -0.3 is 34.2 Å². The van der Waals surface area contributed by atoms with Crippen molar-refractivity contribution in [3.63, 3.8) is 0 Å². The average molecular weight is 726 g/mol. The molecule has 15 heteroatoms. The van der Waals surface area contributed by atoms with Crippen molar-refractivity contribution in [2.75, 3.05) is 59.8 Å². The summed E-state index contributed by atoms with van der Waals surface area (Å²) in [6.07, 6.45) is -0.384. The fraction of sp³-hybridized carbons (Fsp3) is 0.472. The number of fused-ring (bicyclic) bond motifs is 2. The van der Waals surface area contributed by atoms with E-state index in [9.17, 15) is 13.2 Å². The summed E-state index contributed by atoms with van der Waals surface area (Å²) >= 11 is 0. The first-order valence-corrected chi connectivity index (χ1v) is 18.4. The second-order valence-corrected chi connectivity index (χ2v) is 14.2. The molecule has 0 aliphatic carbocycles. The van der Waals surface area contributed by atoms with E-state index in [4.69, 9.17) is 34.2 Å². The summed E-state index contributed by atoms with van der Waals surface area (Å²) in [5, 5.41) is 8.43. The van der Waals surface area contributed by atoms with Crippen molar-refractivity contribution < 1.29 is 41.6 Å². The number of sulfonamides is 1. The average Bonchev–Trinajstić information content (AvgIpc) is 3.45. The monoisotopic (exact) mass is 725 g/mol. The molecule has 1 aromatic heterocycles. The molecule has 1 aliphatic rings. The van der Waals surface area contributed by atoms with E-state index in [2.05, 4.69) is 10.3 Å². The number of hydrogen-bond donors (Lipinski definition) is 1. The molecule has 4 aromatic rings. The highest BCUT2D eigenvalue weighted by Gasteiger charge is 2.34. The topological polar surface area (TPSA) is 167 Å². The summed E-state index contributed by atoms with van der Waals surface area (Å²) < 4.78 is 65.1. The van der Waals surface area contributed by atoms with Gasteiger partial charge in [0.15, 0.2) is 0 Å². The number of carbonyl (C=O) groups is 1. The molecule has 276 valence electrons. The number of hydrogen-bond acceptors (Lipinski definition) is 12. The standard InChI is InChI=1S/C36H47N5O9S/c1-6-48-35(42)21-30(27-18-31-36(33(19-27)45-5)40(4)39-38-31)26-8-7-24(2)28(17-26)23-41-22-25(3)50-32-20-29(9-10-34(32)51(41,43)44)49-16-15-47-14-13-46-12-11-37/h7-10,17-20,25,30H,6,11-16,21-23,37H2,1-5H3/t25-,30?/m1/s1. The van der Waals surface area contributed by atoms with Crippen molar-refractivity contribution in [3.05, 3.63) is 70.8 Å². The molecule has 0 radical (unpaired) electrons. The Morgan fingerprint density at radius 1 is 1.04 bits per heavy atom. The number of aryl methyl sites for hydroxylation is 2. The molecule has 5 rings (SSSR count). The zero-order valence-electron chi connectivity index (χ0n) is 29.8. The van der Waals surface area contributed by atoms with Crippen molar-refractivity contribution in [1.29, 1.82) is 0 Å². The lowest BCUT2D eigenvalue weighted by molar-refractivity contribution is -0.143. The molecule has 3 aromatic carbocycles. The fourth-order valence-corrected chi connectivity index (χ4v) is 7.64. The van der Waals surface area contributed by atoms with E-state index >= 15 is 0 Å². The van der Waals surface area contributed by atoms with E-state index in [1.807, 2.05) is 44.2 Å². The van der Waals surface area contributed by atoms with Gasteiger partial charge in [-0.3, -0.25) is 4.79 Å². The van der Waals surface area contributed by atoms with Crippen LogP contribution in [0.1, 0.15) is 48.4 Å². The lowest BCUT2D eigenvalue weighted by Crippen LogP contribution is -2.35. The molecule has 0 saturated carbocycles. The molecule has 1 unspecified atom stereocenters. The Labute approximate surface area is 298 Å². The maximum absolute atomic E-state index is 14.1. The van der Waals surface area contributed by atoms with Gasteiger partial charge >= 0.3 is 5.97 Å². The largest absolute Gasteiger partial charge is 0.494 e. The number of methoxy groups -OCH3 is 1. The summed E-state index contributed by atoms with van der Waals surface area (Å²) in [7, 11) is -0.606. The molecule has 2 N–H and O–H groups in total. The minimum Gasteiger partial charge on any atom is -0.494 e. The van der Waals surface area contributed by atoms with E-state index in [1.165, 1.54) is 10.4 Å². The minimum atomic E-state index is -3.97. The Kier molecular flexibility index (Phi) is 12.9. The van der Waals surface area contributed by atoms with Crippen LogP contribution in [0.4, 0.5) is 0 Å². The highest BCUT2D eigenvalue weighted by atomic mass is 32.2. The van der Waals surface area contributed by atoms with Crippen LogP contribution < -0.4 is 19.9 Å². The normalized spacial score (nSPS) is 16.2. The first-order chi connectivity index (χ1) is 24.5. The van der Waals surface area contributed by atoms with Gasteiger partial charge in [-0.05, 0) is 67.3 Å². The quantitative estimate of drug-likeness (QED) is 0.124. The first-order valence-electron chi connectivity index (χ1n) is 17.0. The second-order valence-electron chi connectivity index (χ2n) is 12.2. The minimum absolute atomic E-state index is 0.0608. The molecule has 0 spiro atoms. The van der Waals surface area contributed by atoms with Gasteiger partial charge in [-0.2, -0.15) is 4.31 Å². The number of ether oxygens (including phenoxy) is 6. The van der Waals surface area contributed by atoms with E-state index < -0.39 is 22.0 Å². The summed E-state index contributed by atoms with van der Waals surface area (Å²) in [5.74, 6) is 0.489. The van der Waals surface area contributed by atoms with Crippen LogP contribution in [0.5, 0.6) is 17.2 Å². The maximum Gasteiger partial charge on any atom is 0.306 e. The van der Waals surface area contributed by atoms with Gasteiger partial charge in [-0.1, -0.05) is 23.4 Å².